The van der Waals surface area contributed by atoms with E-state index in [1.54, 1.807) is 23.9 Å². The number of amides is 4. The lowest BCUT2D eigenvalue weighted by molar-refractivity contribution is 0.0130. The molecule has 1 atom stereocenters. The molecule has 2 aliphatic rings. The number of ether oxygens (including phenoxy) is 1. The van der Waals surface area contributed by atoms with Crippen molar-refractivity contribution in [2.24, 2.45) is 0 Å². The molecule has 1 fully saturated rings. The average Bonchev–Trinajstić information content (AvgIpc) is 3.49. The van der Waals surface area contributed by atoms with Crippen molar-refractivity contribution in [3.05, 3.63) is 76.6 Å². The van der Waals surface area contributed by atoms with Crippen LogP contribution in [0.3, 0.4) is 0 Å². The zero-order chi connectivity index (χ0) is 34.4. The predicted molar refractivity (Wildman–Crippen MR) is 184 cm³/mol. The van der Waals surface area contributed by atoms with Gasteiger partial charge in [-0.05, 0) is 75.1 Å². The number of piperidine rings is 1. The van der Waals surface area contributed by atoms with Crippen molar-refractivity contribution in [3.8, 4) is 0 Å². The van der Waals surface area contributed by atoms with Gasteiger partial charge in [0.25, 0.3) is 11.8 Å². The molecule has 3 aromatic rings. The van der Waals surface area contributed by atoms with Gasteiger partial charge in [-0.15, -0.1) is 0 Å². The number of likely N-dealkylation sites (tertiary alicyclic amines) is 1. The molecule has 2 aliphatic heterocycles. The molecule has 0 radical (unpaired) electrons. The Balaban J connectivity index is 1.19. The first-order valence-electron chi connectivity index (χ1n) is 16.8. The molecule has 4 amide bonds. The first-order chi connectivity index (χ1) is 23.0. The molecule has 12 heteroatoms. The maximum atomic E-state index is 13.6. The standard InChI is InChI=1S/C36H48FN7O4/c1-24(2)44-33-25(3)22-43(29-13-9-27(10-14-29)35(46)41(4)5)23-31(33)32(40-44)34(45)38-21-26-7-11-28(12-8-26)39-36(47)42-18-15-30(16-19-42)48-20-6-17-37/h7-14,24-25,30H,6,15-23H2,1-5H3,(H,38,45)(H,39,47)/t25-/m0/s1. The van der Waals surface area contributed by atoms with E-state index in [0.29, 0.717) is 56.2 Å². The zero-order valence-electron chi connectivity index (χ0n) is 28.7. The SMILES string of the molecule is CC(C)n1nc(C(=O)NCc2ccc(NC(=O)N3CCC(OCCCF)CC3)cc2)c2c1[C@@H](C)CN(c1ccc(C(=O)N(C)C)cc1)C2. The number of fused-ring (bicyclic) bond motifs is 1. The molecule has 0 saturated carbocycles. The highest BCUT2D eigenvalue weighted by atomic mass is 19.1. The number of hydrogen-bond acceptors (Lipinski definition) is 6. The van der Waals surface area contributed by atoms with Crippen LogP contribution in [0.15, 0.2) is 48.5 Å². The van der Waals surface area contributed by atoms with E-state index < -0.39 is 0 Å². The van der Waals surface area contributed by atoms with Crippen LogP contribution < -0.4 is 15.5 Å². The molecular formula is C36H48FN7O4. The number of carbonyl (C=O) groups is 3. The Labute approximate surface area is 282 Å². The number of aromatic nitrogens is 2. The fourth-order valence-corrected chi connectivity index (χ4v) is 6.38. The molecule has 0 aliphatic carbocycles. The zero-order valence-corrected chi connectivity index (χ0v) is 28.7. The van der Waals surface area contributed by atoms with Crippen LogP contribution in [0, 0.1) is 0 Å². The third-order valence-electron chi connectivity index (χ3n) is 8.97. The summed E-state index contributed by atoms with van der Waals surface area (Å²) in [6.07, 6.45) is 1.95. The van der Waals surface area contributed by atoms with Crippen LogP contribution in [-0.4, -0.2) is 90.5 Å². The second-order valence-corrected chi connectivity index (χ2v) is 13.2. The van der Waals surface area contributed by atoms with Crippen molar-refractivity contribution >= 4 is 29.2 Å². The number of nitrogens with zero attached hydrogens (tertiary/aromatic N) is 5. The maximum Gasteiger partial charge on any atom is 0.321 e. The summed E-state index contributed by atoms with van der Waals surface area (Å²) in [6.45, 7) is 9.14. The minimum absolute atomic E-state index is 0.0435. The number of halogens is 1. The highest BCUT2D eigenvalue weighted by molar-refractivity contribution is 5.95. The third-order valence-corrected chi connectivity index (χ3v) is 8.97. The molecule has 1 aromatic heterocycles. The number of urea groups is 1. The van der Waals surface area contributed by atoms with Gasteiger partial charge in [0.05, 0.1) is 12.8 Å². The Morgan fingerprint density at radius 2 is 1.73 bits per heavy atom. The van der Waals surface area contributed by atoms with Gasteiger partial charge in [-0.2, -0.15) is 5.10 Å². The molecule has 1 saturated heterocycles. The molecular weight excluding hydrogens is 613 g/mol. The Bertz CT molecular complexity index is 1560. The van der Waals surface area contributed by atoms with Gasteiger partial charge in [-0.3, -0.25) is 18.7 Å². The number of anilines is 2. The van der Waals surface area contributed by atoms with E-state index in [0.717, 1.165) is 41.9 Å². The second-order valence-electron chi connectivity index (χ2n) is 13.2. The predicted octanol–water partition coefficient (Wildman–Crippen LogP) is 5.59. The van der Waals surface area contributed by atoms with Crippen LogP contribution in [0.5, 0.6) is 0 Å². The summed E-state index contributed by atoms with van der Waals surface area (Å²) >= 11 is 0. The quantitative estimate of drug-likeness (QED) is 0.259. The van der Waals surface area contributed by atoms with Crippen molar-refractivity contribution in [3.63, 3.8) is 0 Å². The van der Waals surface area contributed by atoms with Crippen LogP contribution in [0.1, 0.15) is 89.7 Å². The van der Waals surface area contributed by atoms with E-state index in [1.165, 1.54) is 0 Å². The normalized spacial score (nSPS) is 16.5. The van der Waals surface area contributed by atoms with Crippen molar-refractivity contribution < 1.29 is 23.5 Å². The minimum Gasteiger partial charge on any atom is -0.378 e. The minimum atomic E-state index is -0.379. The van der Waals surface area contributed by atoms with Crippen LogP contribution in [-0.2, 0) is 17.8 Å². The van der Waals surface area contributed by atoms with Gasteiger partial charge >= 0.3 is 6.03 Å². The molecule has 2 N–H and O–H groups in total. The molecule has 258 valence electrons. The van der Waals surface area contributed by atoms with Gasteiger partial charge in [-0.25, -0.2) is 4.79 Å². The maximum absolute atomic E-state index is 13.6. The average molecular weight is 662 g/mol. The Morgan fingerprint density at radius 3 is 2.35 bits per heavy atom. The van der Waals surface area contributed by atoms with E-state index in [2.05, 4.69) is 36.3 Å². The van der Waals surface area contributed by atoms with E-state index in [9.17, 15) is 18.8 Å². The molecule has 5 rings (SSSR count). The molecule has 2 aromatic carbocycles. The topological polar surface area (TPSA) is 112 Å². The highest BCUT2D eigenvalue weighted by Gasteiger charge is 2.33. The lowest BCUT2D eigenvalue weighted by Gasteiger charge is -2.34. The lowest BCUT2D eigenvalue weighted by atomic mass is 9.95. The monoisotopic (exact) mass is 661 g/mol. The van der Waals surface area contributed by atoms with Gasteiger partial charge in [0, 0.05) is 93.6 Å². The van der Waals surface area contributed by atoms with Gasteiger partial charge in [0.2, 0.25) is 0 Å². The fourth-order valence-electron chi connectivity index (χ4n) is 6.38. The molecule has 48 heavy (non-hydrogen) atoms. The summed E-state index contributed by atoms with van der Waals surface area (Å²) in [7, 11) is 3.48. The van der Waals surface area contributed by atoms with Crippen molar-refractivity contribution in [1.29, 1.82) is 0 Å². The van der Waals surface area contributed by atoms with E-state index in [1.807, 2.05) is 53.2 Å². The summed E-state index contributed by atoms with van der Waals surface area (Å²) in [5.41, 5.74) is 5.62. The van der Waals surface area contributed by atoms with Crippen LogP contribution in [0.25, 0.3) is 0 Å². The number of benzene rings is 2. The molecule has 11 nitrogen and oxygen atoms in total. The Hall–Kier alpha value is -4.45. The Kier molecular flexibility index (Phi) is 11.4. The third kappa shape index (κ3) is 8.15. The summed E-state index contributed by atoms with van der Waals surface area (Å²) in [4.78, 5) is 44.4. The first-order valence-corrected chi connectivity index (χ1v) is 16.8. The second kappa shape index (κ2) is 15.6. The van der Waals surface area contributed by atoms with E-state index in [4.69, 9.17) is 9.84 Å². The van der Waals surface area contributed by atoms with E-state index in [-0.39, 0.29) is 42.6 Å². The van der Waals surface area contributed by atoms with Crippen molar-refractivity contribution in [2.45, 2.75) is 71.2 Å². The number of hydrogen-bond donors (Lipinski definition) is 2. The van der Waals surface area contributed by atoms with Crippen LogP contribution >= 0.6 is 0 Å². The smallest absolute Gasteiger partial charge is 0.321 e. The largest absolute Gasteiger partial charge is 0.378 e. The van der Waals surface area contributed by atoms with Gasteiger partial charge in [0.15, 0.2) is 5.69 Å². The number of alkyl halides is 1. The number of rotatable bonds is 11. The van der Waals surface area contributed by atoms with E-state index >= 15 is 0 Å². The molecule has 0 unspecified atom stereocenters. The van der Waals surface area contributed by atoms with Crippen molar-refractivity contribution in [2.75, 3.05) is 57.2 Å². The number of nitrogens with one attached hydrogen (secondary N) is 2. The Morgan fingerprint density at radius 1 is 1.04 bits per heavy atom. The highest BCUT2D eigenvalue weighted by Crippen LogP contribution is 2.35. The fraction of sp³-hybridized carbons (Fsp3) is 0.500. The van der Waals surface area contributed by atoms with Crippen molar-refractivity contribution in [1.82, 2.24) is 24.9 Å². The molecule has 3 heterocycles. The van der Waals surface area contributed by atoms with Crippen LogP contribution in [0.2, 0.25) is 0 Å². The summed E-state index contributed by atoms with van der Waals surface area (Å²) in [5, 5.41) is 10.8. The molecule has 0 bridgehead atoms. The lowest BCUT2D eigenvalue weighted by Crippen LogP contribution is -2.43. The molecule has 0 spiro atoms. The summed E-state index contributed by atoms with van der Waals surface area (Å²) in [5.74, 6) is -0.137. The van der Waals surface area contributed by atoms with Crippen LogP contribution in [0.4, 0.5) is 20.6 Å². The van der Waals surface area contributed by atoms with Gasteiger partial charge in [-0.1, -0.05) is 19.1 Å². The number of carbonyl (C=O) groups excluding carboxylic acids is 3. The summed E-state index contributed by atoms with van der Waals surface area (Å²) < 4.78 is 20.0. The van der Waals surface area contributed by atoms with Gasteiger partial charge < -0.3 is 30.1 Å². The summed E-state index contributed by atoms with van der Waals surface area (Å²) in [6, 6.07) is 15.0. The van der Waals surface area contributed by atoms with Gasteiger partial charge in [0.1, 0.15) is 0 Å². The first kappa shape index (κ1) is 34.9.